The summed E-state index contributed by atoms with van der Waals surface area (Å²) in [6, 6.07) is 13.7. The van der Waals surface area contributed by atoms with Crippen LogP contribution in [0.15, 0.2) is 53.6 Å². The van der Waals surface area contributed by atoms with Gasteiger partial charge in [0, 0.05) is 10.6 Å². The zero-order valence-electron chi connectivity index (χ0n) is 15.3. The van der Waals surface area contributed by atoms with Gasteiger partial charge in [0.15, 0.2) is 0 Å². The van der Waals surface area contributed by atoms with Crippen molar-refractivity contribution in [3.63, 3.8) is 0 Å². The molecule has 0 bridgehead atoms. The molecule has 3 rings (SSSR count). The lowest BCUT2D eigenvalue weighted by molar-refractivity contribution is -0.120. The first-order chi connectivity index (χ1) is 14.0. The lowest BCUT2D eigenvalue weighted by Crippen LogP contribution is -2.19. The van der Waals surface area contributed by atoms with E-state index in [1.807, 2.05) is 0 Å². The van der Waals surface area contributed by atoms with Crippen LogP contribution < -0.4 is 15.5 Å². The van der Waals surface area contributed by atoms with E-state index in [9.17, 15) is 9.59 Å². The number of nitrogens with zero attached hydrogens (tertiary/aromatic N) is 3. The van der Waals surface area contributed by atoms with Crippen LogP contribution in [0.1, 0.15) is 20.9 Å². The number of rotatable bonds is 7. The maximum Gasteiger partial charge on any atom is 0.257 e. The van der Waals surface area contributed by atoms with Crippen LogP contribution >= 0.6 is 22.9 Å². The number of ether oxygens (including phenoxy) is 1. The van der Waals surface area contributed by atoms with Gasteiger partial charge in [-0.3, -0.25) is 14.9 Å². The highest BCUT2D eigenvalue weighted by atomic mass is 35.5. The van der Waals surface area contributed by atoms with Gasteiger partial charge in [-0.1, -0.05) is 35.1 Å². The van der Waals surface area contributed by atoms with E-state index in [-0.39, 0.29) is 18.2 Å². The third-order valence-corrected chi connectivity index (χ3v) is 4.71. The zero-order chi connectivity index (χ0) is 20.6. The second kappa shape index (κ2) is 9.76. The smallest absolute Gasteiger partial charge is 0.257 e. The van der Waals surface area contributed by atoms with Crippen LogP contribution in [0.3, 0.4) is 0 Å². The Hall–Kier alpha value is -3.30. The van der Waals surface area contributed by atoms with Crippen LogP contribution in [0.4, 0.5) is 5.13 Å². The van der Waals surface area contributed by atoms with E-state index in [0.29, 0.717) is 26.5 Å². The molecule has 0 saturated heterocycles. The SMILES string of the molecule is COc1ccc(C(=O)Nc2nnc(CC(=O)NN=Cc3ccc(Cl)cc3)s2)cc1. The number of aromatic nitrogens is 2. The summed E-state index contributed by atoms with van der Waals surface area (Å²) in [5.41, 5.74) is 3.67. The van der Waals surface area contributed by atoms with Gasteiger partial charge in [-0.05, 0) is 42.0 Å². The summed E-state index contributed by atoms with van der Waals surface area (Å²) in [5.74, 6) is -0.0174. The molecule has 0 radical (unpaired) electrons. The highest BCUT2D eigenvalue weighted by Gasteiger charge is 2.12. The quantitative estimate of drug-likeness (QED) is 0.443. The monoisotopic (exact) mass is 429 g/mol. The van der Waals surface area contributed by atoms with Crippen LogP contribution in [0.25, 0.3) is 0 Å². The molecule has 0 saturated carbocycles. The summed E-state index contributed by atoms with van der Waals surface area (Å²) >= 11 is 6.93. The number of hydrogen-bond acceptors (Lipinski definition) is 7. The Balaban J connectivity index is 1.50. The van der Waals surface area contributed by atoms with Crippen LogP contribution in [0, 0.1) is 0 Å². The fraction of sp³-hybridized carbons (Fsp3) is 0.105. The second-order valence-corrected chi connectivity index (χ2v) is 7.20. The van der Waals surface area contributed by atoms with E-state index >= 15 is 0 Å². The topological polar surface area (TPSA) is 106 Å². The zero-order valence-corrected chi connectivity index (χ0v) is 16.8. The number of halogens is 1. The number of hydrogen-bond donors (Lipinski definition) is 2. The minimum Gasteiger partial charge on any atom is -0.497 e. The molecule has 0 fully saturated rings. The molecular formula is C19H16ClN5O3S. The third-order valence-electron chi connectivity index (χ3n) is 3.62. The average molecular weight is 430 g/mol. The maximum atomic E-state index is 12.2. The van der Waals surface area contributed by atoms with E-state index in [1.165, 1.54) is 6.21 Å². The Labute approximate surface area is 175 Å². The Morgan fingerprint density at radius 1 is 1.14 bits per heavy atom. The molecule has 2 aromatic carbocycles. The van der Waals surface area contributed by atoms with E-state index in [1.54, 1.807) is 55.6 Å². The minimum absolute atomic E-state index is 0.00592. The Morgan fingerprint density at radius 2 is 1.86 bits per heavy atom. The largest absolute Gasteiger partial charge is 0.497 e. The summed E-state index contributed by atoms with van der Waals surface area (Å²) in [6.07, 6.45) is 1.50. The molecule has 0 aliphatic carbocycles. The molecule has 0 spiro atoms. The number of benzene rings is 2. The summed E-state index contributed by atoms with van der Waals surface area (Å²) in [7, 11) is 1.55. The van der Waals surface area contributed by atoms with Gasteiger partial charge >= 0.3 is 0 Å². The number of carbonyl (C=O) groups is 2. The van der Waals surface area contributed by atoms with Crippen molar-refractivity contribution in [2.45, 2.75) is 6.42 Å². The van der Waals surface area contributed by atoms with Crippen LogP contribution in [-0.2, 0) is 11.2 Å². The molecule has 0 atom stereocenters. The van der Waals surface area contributed by atoms with Gasteiger partial charge in [0.05, 0.1) is 19.7 Å². The molecule has 148 valence electrons. The highest BCUT2D eigenvalue weighted by Crippen LogP contribution is 2.18. The van der Waals surface area contributed by atoms with E-state index in [0.717, 1.165) is 16.9 Å². The summed E-state index contributed by atoms with van der Waals surface area (Å²) in [6.45, 7) is 0. The van der Waals surface area contributed by atoms with Gasteiger partial charge in [0.1, 0.15) is 10.8 Å². The Morgan fingerprint density at radius 3 is 2.55 bits per heavy atom. The molecule has 10 heteroatoms. The Kier molecular flexibility index (Phi) is 6.88. The lowest BCUT2D eigenvalue weighted by atomic mass is 10.2. The number of carbonyl (C=O) groups excluding carboxylic acids is 2. The van der Waals surface area contributed by atoms with Crippen LogP contribution in [-0.4, -0.2) is 35.3 Å². The van der Waals surface area contributed by atoms with Crippen molar-refractivity contribution in [3.8, 4) is 5.75 Å². The minimum atomic E-state index is -0.348. The maximum absolute atomic E-state index is 12.2. The van der Waals surface area contributed by atoms with Crippen molar-refractivity contribution in [1.29, 1.82) is 0 Å². The van der Waals surface area contributed by atoms with E-state index < -0.39 is 0 Å². The van der Waals surface area contributed by atoms with Crippen LogP contribution in [0.5, 0.6) is 5.75 Å². The number of anilines is 1. The molecule has 0 aliphatic heterocycles. The van der Waals surface area contributed by atoms with Gasteiger partial charge < -0.3 is 4.74 Å². The summed E-state index contributed by atoms with van der Waals surface area (Å²) in [4.78, 5) is 24.2. The average Bonchev–Trinajstić information content (AvgIpc) is 3.16. The predicted molar refractivity (Wildman–Crippen MR) is 112 cm³/mol. The van der Waals surface area contributed by atoms with Gasteiger partial charge in [-0.2, -0.15) is 5.10 Å². The molecule has 0 unspecified atom stereocenters. The molecule has 0 aliphatic rings. The third kappa shape index (κ3) is 6.09. The fourth-order valence-corrected chi connectivity index (χ4v) is 3.05. The lowest BCUT2D eigenvalue weighted by Gasteiger charge is -2.02. The van der Waals surface area contributed by atoms with Crippen LogP contribution in [0.2, 0.25) is 5.02 Å². The van der Waals surface area contributed by atoms with Crippen molar-refractivity contribution in [2.75, 3.05) is 12.4 Å². The number of amides is 2. The molecule has 2 N–H and O–H groups in total. The molecule has 1 aromatic heterocycles. The second-order valence-electron chi connectivity index (χ2n) is 5.71. The van der Waals surface area contributed by atoms with E-state index in [2.05, 4.69) is 26.0 Å². The Bertz CT molecular complexity index is 1020. The molecule has 3 aromatic rings. The highest BCUT2D eigenvalue weighted by molar-refractivity contribution is 7.15. The van der Waals surface area contributed by atoms with Crippen molar-refractivity contribution in [3.05, 3.63) is 69.7 Å². The van der Waals surface area contributed by atoms with Crippen molar-refractivity contribution in [2.24, 2.45) is 5.10 Å². The number of methoxy groups -OCH3 is 1. The summed E-state index contributed by atoms with van der Waals surface area (Å²) < 4.78 is 5.06. The van der Waals surface area contributed by atoms with E-state index in [4.69, 9.17) is 16.3 Å². The molecule has 8 nitrogen and oxygen atoms in total. The van der Waals surface area contributed by atoms with Gasteiger partial charge in [0.2, 0.25) is 11.0 Å². The molecular weight excluding hydrogens is 414 g/mol. The molecule has 29 heavy (non-hydrogen) atoms. The number of nitrogens with one attached hydrogen (secondary N) is 2. The predicted octanol–water partition coefficient (Wildman–Crippen LogP) is 3.15. The first kappa shape index (κ1) is 20.4. The standard InChI is InChI=1S/C19H16ClN5O3S/c1-28-15-8-4-13(5-9-15)18(27)22-19-25-24-17(29-19)10-16(26)23-21-11-12-2-6-14(20)7-3-12/h2-9,11H,10H2,1H3,(H,23,26)(H,22,25,27). The first-order valence-electron chi connectivity index (χ1n) is 8.39. The van der Waals surface area contributed by atoms with Crippen molar-refractivity contribution < 1.29 is 14.3 Å². The van der Waals surface area contributed by atoms with Crippen molar-refractivity contribution in [1.82, 2.24) is 15.6 Å². The van der Waals surface area contributed by atoms with Crippen molar-refractivity contribution >= 4 is 46.1 Å². The van der Waals surface area contributed by atoms with Gasteiger partial charge in [-0.25, -0.2) is 5.43 Å². The normalized spacial score (nSPS) is 10.7. The molecule has 1 heterocycles. The fourth-order valence-electron chi connectivity index (χ4n) is 2.19. The molecule has 2 amide bonds. The number of hydrazone groups is 1. The summed E-state index contributed by atoms with van der Waals surface area (Å²) in [5, 5.41) is 15.7. The van der Waals surface area contributed by atoms with Gasteiger partial charge in [-0.15, -0.1) is 10.2 Å². The first-order valence-corrected chi connectivity index (χ1v) is 9.58. The van der Waals surface area contributed by atoms with Gasteiger partial charge in [0.25, 0.3) is 5.91 Å².